The Morgan fingerprint density at radius 1 is 1.07 bits per heavy atom. The van der Waals surface area contributed by atoms with Crippen LogP contribution in [0.25, 0.3) is 16.8 Å². The lowest BCUT2D eigenvalue weighted by Crippen LogP contribution is -2.09. The molecule has 0 atom stereocenters. The molecule has 0 spiro atoms. The smallest absolute Gasteiger partial charge is 0.282 e. The number of methoxy groups -OCH3 is 1. The van der Waals surface area contributed by atoms with Gasteiger partial charge in [0.25, 0.3) is 5.91 Å². The molecule has 0 unspecified atom stereocenters. The molecular weight excluding hydrogens is 345 g/mol. The van der Waals surface area contributed by atoms with E-state index in [4.69, 9.17) is 4.74 Å². The van der Waals surface area contributed by atoms with Gasteiger partial charge in [0.15, 0.2) is 0 Å². The van der Waals surface area contributed by atoms with Gasteiger partial charge in [0.1, 0.15) is 23.6 Å². The number of hydrogen-bond donors (Lipinski definition) is 0. The number of aromatic nitrogens is 3. The lowest BCUT2D eigenvalue weighted by atomic mass is 10.0. The quantitative estimate of drug-likeness (QED) is 0.548. The lowest BCUT2D eigenvalue weighted by Gasteiger charge is -2.10. The molecule has 0 radical (unpaired) electrons. The summed E-state index contributed by atoms with van der Waals surface area (Å²) in [5, 5.41) is 0. The predicted molar refractivity (Wildman–Crippen MR) is 99.7 cm³/mol. The van der Waals surface area contributed by atoms with E-state index in [0.29, 0.717) is 17.0 Å². The topological polar surface area (TPSA) is 49.1 Å². The van der Waals surface area contributed by atoms with Gasteiger partial charge in [0, 0.05) is 29.8 Å². The Balaban J connectivity index is 1.70. The average molecular weight is 361 g/mol. The number of carbonyl (C=O) groups excluding carboxylic acids is 1. The normalized spacial score (nSPS) is 10.7. The summed E-state index contributed by atoms with van der Waals surface area (Å²) < 4.78 is 22.3. The molecule has 0 fully saturated rings. The summed E-state index contributed by atoms with van der Waals surface area (Å²) in [6.07, 6.45) is 6.61. The summed E-state index contributed by atoms with van der Waals surface area (Å²) in [4.78, 5) is 16.6. The second-order valence-electron chi connectivity index (χ2n) is 5.96. The van der Waals surface area contributed by atoms with Crippen molar-refractivity contribution < 1.29 is 13.9 Å². The van der Waals surface area contributed by atoms with E-state index >= 15 is 0 Å². The highest BCUT2D eigenvalue weighted by Crippen LogP contribution is 2.31. The molecule has 27 heavy (non-hydrogen) atoms. The minimum absolute atomic E-state index is 0.207. The molecular formula is C21H16FN3O2. The summed E-state index contributed by atoms with van der Waals surface area (Å²) >= 11 is 0. The number of benzene rings is 2. The molecule has 2 aromatic heterocycles. The van der Waals surface area contributed by atoms with Gasteiger partial charge in [-0.05, 0) is 48.0 Å². The third kappa shape index (κ3) is 3.25. The Morgan fingerprint density at radius 3 is 2.67 bits per heavy atom. The Bertz CT molecular complexity index is 1100. The Kier molecular flexibility index (Phi) is 4.30. The van der Waals surface area contributed by atoms with Crippen LogP contribution in [-0.2, 0) is 0 Å². The Morgan fingerprint density at radius 2 is 1.89 bits per heavy atom. The third-order valence-electron chi connectivity index (χ3n) is 4.26. The average Bonchev–Trinajstić information content (AvgIpc) is 3.40. The molecule has 0 amide bonds. The van der Waals surface area contributed by atoms with Crippen LogP contribution >= 0.6 is 0 Å². The number of nitrogens with zero attached hydrogens (tertiary/aromatic N) is 3. The zero-order chi connectivity index (χ0) is 18.8. The second-order valence-corrected chi connectivity index (χ2v) is 5.96. The maximum absolute atomic E-state index is 13.7. The number of imidazole rings is 1. The minimum Gasteiger partial charge on any atom is -0.496 e. The van der Waals surface area contributed by atoms with Gasteiger partial charge in [0.2, 0.25) is 0 Å². The first kappa shape index (κ1) is 16.8. The number of ether oxygens (including phenoxy) is 1. The van der Waals surface area contributed by atoms with Gasteiger partial charge in [-0.2, -0.15) is 0 Å². The second kappa shape index (κ2) is 6.92. The predicted octanol–water partition coefficient (Wildman–Crippen LogP) is 4.18. The fraction of sp³-hybridized carbons (Fsp3) is 0.0476. The van der Waals surface area contributed by atoms with Crippen molar-refractivity contribution in [2.45, 2.75) is 0 Å². The maximum Gasteiger partial charge on any atom is 0.282 e. The number of halogens is 1. The van der Waals surface area contributed by atoms with Gasteiger partial charge in [0.05, 0.1) is 7.11 Å². The van der Waals surface area contributed by atoms with Crippen LogP contribution in [0.3, 0.4) is 0 Å². The molecule has 0 aliphatic carbocycles. The van der Waals surface area contributed by atoms with Gasteiger partial charge in [-0.15, -0.1) is 0 Å². The van der Waals surface area contributed by atoms with Gasteiger partial charge < -0.3 is 9.30 Å². The van der Waals surface area contributed by atoms with E-state index in [0.717, 1.165) is 11.3 Å². The first-order chi connectivity index (χ1) is 13.2. The summed E-state index contributed by atoms with van der Waals surface area (Å²) in [5.41, 5.74) is 2.59. The van der Waals surface area contributed by atoms with Crippen molar-refractivity contribution in [2.75, 3.05) is 7.11 Å². The fourth-order valence-corrected chi connectivity index (χ4v) is 2.92. The van der Waals surface area contributed by atoms with E-state index in [1.54, 1.807) is 54.8 Å². The molecule has 6 heteroatoms. The van der Waals surface area contributed by atoms with E-state index in [9.17, 15) is 9.18 Å². The molecule has 0 N–H and O–H groups in total. The van der Waals surface area contributed by atoms with Crippen LogP contribution in [-0.4, -0.2) is 27.1 Å². The largest absolute Gasteiger partial charge is 0.496 e. The highest BCUT2D eigenvalue weighted by molar-refractivity contribution is 5.94. The number of rotatable bonds is 4. The first-order valence-electron chi connectivity index (χ1n) is 8.32. The van der Waals surface area contributed by atoms with E-state index < -0.39 is 0 Å². The molecule has 0 saturated heterocycles. The van der Waals surface area contributed by atoms with Gasteiger partial charge in [-0.1, -0.05) is 12.1 Å². The van der Waals surface area contributed by atoms with Crippen LogP contribution in [0.1, 0.15) is 10.5 Å². The Labute approximate surface area is 155 Å². The fourth-order valence-electron chi connectivity index (χ4n) is 2.92. The van der Waals surface area contributed by atoms with E-state index in [2.05, 4.69) is 4.98 Å². The van der Waals surface area contributed by atoms with E-state index in [1.807, 2.05) is 24.3 Å². The van der Waals surface area contributed by atoms with Crippen molar-refractivity contribution in [3.05, 3.63) is 91.0 Å². The van der Waals surface area contributed by atoms with Crippen molar-refractivity contribution in [3.8, 4) is 22.6 Å². The summed E-state index contributed by atoms with van der Waals surface area (Å²) in [6, 6.07) is 15.5. The molecule has 134 valence electrons. The molecule has 0 aliphatic rings. The van der Waals surface area contributed by atoms with Crippen LogP contribution in [0.2, 0.25) is 0 Å². The Hall–Kier alpha value is -3.67. The molecule has 0 bridgehead atoms. The first-order valence-corrected chi connectivity index (χ1v) is 8.32. The van der Waals surface area contributed by atoms with Gasteiger partial charge in [-0.25, -0.2) is 9.37 Å². The van der Waals surface area contributed by atoms with Crippen LogP contribution in [0.4, 0.5) is 4.39 Å². The monoisotopic (exact) mass is 361 g/mol. The number of carbonyl (C=O) groups is 1. The standard InChI is InChI=1S/C21H16FN3O2/c1-27-20-8-7-16(22)12-18(20)15-5-4-6-17(11-15)25-13-19(23-14-25)21(26)24-9-2-3-10-24/h2-14H,1H3. The van der Waals surface area contributed by atoms with Crippen molar-refractivity contribution in [2.24, 2.45) is 0 Å². The zero-order valence-corrected chi connectivity index (χ0v) is 14.5. The SMILES string of the molecule is COc1ccc(F)cc1-c1cccc(-n2cnc(C(=O)n3cccc3)c2)c1. The van der Waals surface area contributed by atoms with E-state index in [1.165, 1.54) is 16.7 Å². The third-order valence-corrected chi connectivity index (χ3v) is 4.26. The molecule has 5 nitrogen and oxygen atoms in total. The molecule has 4 aromatic rings. The van der Waals surface area contributed by atoms with Crippen LogP contribution in [0, 0.1) is 5.82 Å². The number of hydrogen-bond acceptors (Lipinski definition) is 3. The van der Waals surface area contributed by atoms with Crippen molar-refractivity contribution >= 4 is 5.91 Å². The highest BCUT2D eigenvalue weighted by atomic mass is 19.1. The van der Waals surface area contributed by atoms with Crippen molar-refractivity contribution in [1.82, 2.24) is 14.1 Å². The zero-order valence-electron chi connectivity index (χ0n) is 14.5. The summed E-state index contributed by atoms with van der Waals surface area (Å²) in [7, 11) is 1.55. The molecule has 0 saturated carbocycles. The van der Waals surface area contributed by atoms with Crippen LogP contribution in [0.15, 0.2) is 79.5 Å². The lowest BCUT2D eigenvalue weighted by molar-refractivity contribution is 0.0956. The van der Waals surface area contributed by atoms with Gasteiger partial charge >= 0.3 is 0 Å². The van der Waals surface area contributed by atoms with Gasteiger partial charge in [-0.3, -0.25) is 9.36 Å². The molecule has 0 aliphatic heterocycles. The van der Waals surface area contributed by atoms with E-state index in [-0.39, 0.29) is 11.7 Å². The van der Waals surface area contributed by atoms with Crippen molar-refractivity contribution in [1.29, 1.82) is 0 Å². The highest BCUT2D eigenvalue weighted by Gasteiger charge is 2.13. The summed E-state index contributed by atoms with van der Waals surface area (Å²) in [5.74, 6) is 0.0443. The summed E-state index contributed by atoms with van der Waals surface area (Å²) in [6.45, 7) is 0. The minimum atomic E-state index is -0.335. The molecule has 2 aromatic carbocycles. The maximum atomic E-state index is 13.7. The van der Waals surface area contributed by atoms with Crippen LogP contribution in [0.5, 0.6) is 5.75 Å². The molecule has 2 heterocycles. The van der Waals surface area contributed by atoms with Crippen molar-refractivity contribution in [3.63, 3.8) is 0 Å². The van der Waals surface area contributed by atoms with Crippen LogP contribution < -0.4 is 4.74 Å². The molecule has 4 rings (SSSR count).